The van der Waals surface area contributed by atoms with Gasteiger partial charge < -0.3 is 0 Å². The Morgan fingerprint density at radius 1 is 1.18 bits per heavy atom. The van der Waals surface area contributed by atoms with Crippen LogP contribution in [0, 0.1) is 30.1 Å². The summed E-state index contributed by atoms with van der Waals surface area (Å²) < 4.78 is 1.73. The molecule has 0 unspecified atom stereocenters. The Morgan fingerprint density at radius 2 is 1.86 bits per heavy atom. The molecule has 1 aromatic heterocycles. The van der Waals surface area contributed by atoms with Gasteiger partial charge in [-0.25, -0.2) is 4.98 Å². The fraction of sp³-hybridized carbons (Fsp3) is 0.389. The Hall–Kier alpha value is -2.41. The molecule has 0 bridgehead atoms. The van der Waals surface area contributed by atoms with Gasteiger partial charge in [0, 0.05) is 17.7 Å². The van der Waals surface area contributed by atoms with E-state index in [1.165, 1.54) is 6.42 Å². The first-order valence-corrected chi connectivity index (χ1v) is 7.77. The molecule has 1 aromatic carbocycles. The Bertz CT molecular complexity index is 819. The van der Waals surface area contributed by atoms with Crippen molar-refractivity contribution in [1.82, 2.24) is 9.55 Å². The van der Waals surface area contributed by atoms with E-state index < -0.39 is 0 Å². The van der Waals surface area contributed by atoms with Crippen molar-refractivity contribution in [2.75, 3.05) is 0 Å². The summed E-state index contributed by atoms with van der Waals surface area (Å²) in [6, 6.07) is 10.8. The van der Waals surface area contributed by atoms with Crippen molar-refractivity contribution in [2.24, 2.45) is 11.8 Å². The van der Waals surface area contributed by atoms with Crippen LogP contribution >= 0.6 is 0 Å². The van der Waals surface area contributed by atoms with Crippen LogP contribution in [0.25, 0.3) is 5.69 Å². The van der Waals surface area contributed by atoms with Crippen molar-refractivity contribution in [1.29, 1.82) is 5.26 Å². The molecule has 2 saturated carbocycles. The van der Waals surface area contributed by atoms with Crippen LogP contribution in [-0.4, -0.2) is 9.55 Å². The number of fused-ring (bicyclic) bond motifs is 1. The minimum Gasteiger partial charge on any atom is -0.269 e. The van der Waals surface area contributed by atoms with Crippen molar-refractivity contribution >= 4 is 0 Å². The first-order chi connectivity index (χ1) is 10.7. The molecule has 2 fully saturated rings. The van der Waals surface area contributed by atoms with E-state index in [4.69, 9.17) is 5.26 Å². The number of aromatic nitrogens is 2. The summed E-state index contributed by atoms with van der Waals surface area (Å²) >= 11 is 0. The van der Waals surface area contributed by atoms with E-state index >= 15 is 0 Å². The summed E-state index contributed by atoms with van der Waals surface area (Å²) in [5, 5.41) is 8.92. The number of benzene rings is 1. The zero-order valence-electron chi connectivity index (χ0n) is 12.5. The molecule has 3 atom stereocenters. The first-order valence-electron chi connectivity index (χ1n) is 7.77. The maximum atomic E-state index is 12.5. The average Bonchev–Trinajstić information content (AvgIpc) is 3.13. The van der Waals surface area contributed by atoms with Crippen LogP contribution in [0.4, 0.5) is 0 Å². The van der Waals surface area contributed by atoms with E-state index in [2.05, 4.69) is 11.1 Å². The molecule has 4 rings (SSSR count). The van der Waals surface area contributed by atoms with E-state index in [0.717, 1.165) is 41.9 Å². The zero-order chi connectivity index (χ0) is 15.3. The molecule has 4 nitrogen and oxygen atoms in total. The van der Waals surface area contributed by atoms with Crippen LogP contribution < -0.4 is 5.56 Å². The molecule has 0 aliphatic heterocycles. The highest BCUT2D eigenvalue weighted by molar-refractivity contribution is 5.40. The second-order valence-electron chi connectivity index (χ2n) is 6.51. The van der Waals surface area contributed by atoms with Crippen molar-refractivity contribution in [3.8, 4) is 11.8 Å². The van der Waals surface area contributed by atoms with E-state index in [1.807, 2.05) is 19.1 Å². The molecule has 0 N–H and O–H groups in total. The van der Waals surface area contributed by atoms with E-state index in [0.29, 0.717) is 11.5 Å². The van der Waals surface area contributed by atoms with Crippen molar-refractivity contribution < 1.29 is 0 Å². The molecule has 2 aliphatic rings. The lowest BCUT2D eigenvalue weighted by Gasteiger charge is -2.18. The zero-order valence-corrected chi connectivity index (χ0v) is 12.5. The standard InChI is InChI=1S/C18H17N3O/c1-11-6-17(22)21(16-4-2-12(10-19)3-5-16)18(20-11)15-8-13-7-14(13)9-15/h2-6,13-15H,7-9H2,1H3/t13-,14+,15+. The van der Waals surface area contributed by atoms with Crippen molar-refractivity contribution in [3.05, 3.63) is 57.8 Å². The summed E-state index contributed by atoms with van der Waals surface area (Å²) in [7, 11) is 0. The van der Waals surface area contributed by atoms with Crippen LogP contribution in [0.3, 0.4) is 0 Å². The van der Waals surface area contributed by atoms with Gasteiger partial charge in [-0.3, -0.25) is 9.36 Å². The highest BCUT2D eigenvalue weighted by Gasteiger charge is 2.47. The summed E-state index contributed by atoms with van der Waals surface area (Å²) in [5.74, 6) is 2.96. The second-order valence-corrected chi connectivity index (χ2v) is 6.51. The van der Waals surface area contributed by atoms with Gasteiger partial charge in [0.1, 0.15) is 5.82 Å². The molecule has 0 radical (unpaired) electrons. The molecule has 0 saturated heterocycles. The fourth-order valence-electron chi connectivity index (χ4n) is 3.76. The van der Waals surface area contributed by atoms with Crippen molar-refractivity contribution in [2.45, 2.75) is 32.1 Å². The van der Waals surface area contributed by atoms with Gasteiger partial charge in [0.05, 0.1) is 17.3 Å². The second kappa shape index (κ2) is 4.81. The predicted octanol–water partition coefficient (Wildman–Crippen LogP) is 2.93. The predicted molar refractivity (Wildman–Crippen MR) is 82.9 cm³/mol. The van der Waals surface area contributed by atoms with Gasteiger partial charge in [0.25, 0.3) is 5.56 Å². The van der Waals surface area contributed by atoms with Gasteiger partial charge in [0.2, 0.25) is 0 Å². The van der Waals surface area contributed by atoms with Crippen molar-refractivity contribution in [3.63, 3.8) is 0 Å². The Labute approximate surface area is 129 Å². The monoisotopic (exact) mass is 291 g/mol. The lowest BCUT2D eigenvalue weighted by Crippen LogP contribution is -2.25. The summed E-state index contributed by atoms with van der Waals surface area (Å²) in [6.45, 7) is 1.88. The largest absolute Gasteiger partial charge is 0.269 e. The van der Waals surface area contributed by atoms with Gasteiger partial charge in [0.15, 0.2) is 0 Å². The molecule has 110 valence electrons. The summed E-state index contributed by atoms with van der Waals surface area (Å²) in [5.41, 5.74) is 2.14. The van der Waals surface area contributed by atoms with Crippen LogP contribution in [0.2, 0.25) is 0 Å². The number of hydrogen-bond donors (Lipinski definition) is 0. The van der Waals surface area contributed by atoms with Crippen LogP contribution in [0.5, 0.6) is 0 Å². The molecule has 2 aliphatic carbocycles. The SMILES string of the molecule is Cc1cc(=O)n(-c2ccc(C#N)cc2)c([C@@H]2C[C@@H]3C[C@@H]3C2)n1. The maximum absolute atomic E-state index is 12.5. The third-order valence-electron chi connectivity index (χ3n) is 4.94. The number of aryl methyl sites for hydroxylation is 1. The quantitative estimate of drug-likeness (QED) is 0.854. The Kier molecular flexibility index (Phi) is 2.90. The highest BCUT2D eigenvalue weighted by Crippen LogP contribution is 2.57. The van der Waals surface area contributed by atoms with Crippen LogP contribution in [0.15, 0.2) is 35.1 Å². The van der Waals surface area contributed by atoms with E-state index in [1.54, 1.807) is 22.8 Å². The smallest absolute Gasteiger partial charge is 0.258 e. The number of rotatable bonds is 2. The molecule has 2 aromatic rings. The normalized spacial score (nSPS) is 25.5. The molecule has 4 heteroatoms. The van der Waals surface area contributed by atoms with Gasteiger partial charge >= 0.3 is 0 Å². The molecule has 22 heavy (non-hydrogen) atoms. The molecule has 0 spiro atoms. The minimum atomic E-state index is -0.0345. The third-order valence-corrected chi connectivity index (χ3v) is 4.94. The maximum Gasteiger partial charge on any atom is 0.258 e. The van der Waals surface area contributed by atoms with E-state index in [-0.39, 0.29) is 5.56 Å². The van der Waals surface area contributed by atoms with Crippen LogP contribution in [0.1, 0.15) is 42.3 Å². The Balaban J connectivity index is 1.83. The lowest BCUT2D eigenvalue weighted by molar-refractivity contribution is 0.565. The van der Waals surface area contributed by atoms with Gasteiger partial charge in [-0.15, -0.1) is 0 Å². The Morgan fingerprint density at radius 3 is 2.50 bits per heavy atom. The number of nitriles is 1. The lowest BCUT2D eigenvalue weighted by atomic mass is 10.0. The van der Waals surface area contributed by atoms with E-state index in [9.17, 15) is 4.79 Å². The number of nitrogens with zero attached hydrogens (tertiary/aromatic N) is 3. The fourth-order valence-corrected chi connectivity index (χ4v) is 3.76. The molecule has 0 amide bonds. The van der Waals surface area contributed by atoms with Crippen LogP contribution in [-0.2, 0) is 0 Å². The third kappa shape index (κ3) is 2.14. The van der Waals surface area contributed by atoms with Gasteiger partial charge in [-0.2, -0.15) is 5.26 Å². The average molecular weight is 291 g/mol. The summed E-state index contributed by atoms with van der Waals surface area (Å²) in [6.07, 6.45) is 3.65. The summed E-state index contributed by atoms with van der Waals surface area (Å²) in [4.78, 5) is 17.2. The van der Waals surface area contributed by atoms with Gasteiger partial charge in [-0.1, -0.05) is 0 Å². The topological polar surface area (TPSA) is 58.7 Å². The molecular weight excluding hydrogens is 274 g/mol. The highest BCUT2D eigenvalue weighted by atomic mass is 16.1. The molecule has 1 heterocycles. The minimum absolute atomic E-state index is 0.0345. The number of hydrogen-bond acceptors (Lipinski definition) is 3. The first kappa shape index (κ1) is 13.3. The molecular formula is C18H17N3O. The van der Waals surface area contributed by atoms with Gasteiger partial charge in [-0.05, 0) is 62.3 Å².